The lowest BCUT2D eigenvalue weighted by molar-refractivity contribution is -0.398. The molecular weight excluding hydrogens is 383 g/mol. The predicted molar refractivity (Wildman–Crippen MR) is 73.4 cm³/mol. The molecule has 0 radical (unpaired) electrons. The van der Waals surface area contributed by atoms with Crippen LogP contribution < -0.4 is 0 Å². The largest absolute Gasteiger partial charge is 0.426 e. The van der Waals surface area contributed by atoms with Crippen molar-refractivity contribution in [3.05, 3.63) is 0 Å². The molecule has 11 heteroatoms. The zero-order valence-corrected chi connectivity index (χ0v) is 14.4. The number of alkyl halides is 9. The highest BCUT2D eigenvalue weighted by Crippen LogP contribution is 2.56. The normalized spacial score (nSPS) is 30.5. The number of hydrogen-bond acceptors (Lipinski definition) is 2. The van der Waals surface area contributed by atoms with Gasteiger partial charge in [-0.15, -0.1) is 0 Å². The molecular formula is C15H21F9O2. The van der Waals surface area contributed by atoms with E-state index in [1.54, 1.807) is 0 Å². The molecule has 3 unspecified atom stereocenters. The Morgan fingerprint density at radius 1 is 1.00 bits per heavy atom. The lowest BCUT2D eigenvalue weighted by Gasteiger charge is -2.46. The van der Waals surface area contributed by atoms with Gasteiger partial charge in [-0.25, -0.2) is 13.2 Å². The second kappa shape index (κ2) is 7.37. The Labute approximate surface area is 145 Å². The first-order valence-electron chi connectivity index (χ1n) is 7.88. The highest BCUT2D eigenvalue weighted by Gasteiger charge is 2.73. The van der Waals surface area contributed by atoms with E-state index >= 15 is 0 Å². The van der Waals surface area contributed by atoms with Crippen molar-refractivity contribution in [3.63, 3.8) is 0 Å². The Bertz CT molecular complexity index is 457. The number of rotatable bonds is 6. The van der Waals surface area contributed by atoms with Crippen LogP contribution in [0.15, 0.2) is 0 Å². The summed E-state index contributed by atoms with van der Waals surface area (Å²) in [6, 6.07) is 0. The molecule has 3 atom stereocenters. The summed E-state index contributed by atoms with van der Waals surface area (Å²) in [4.78, 5) is 0. The lowest BCUT2D eigenvalue weighted by atomic mass is 9.67. The van der Waals surface area contributed by atoms with E-state index in [2.05, 4.69) is 9.47 Å². The van der Waals surface area contributed by atoms with Crippen molar-refractivity contribution in [2.75, 3.05) is 13.9 Å². The molecule has 1 fully saturated rings. The average Bonchev–Trinajstić information content (AvgIpc) is 2.44. The molecule has 0 aromatic rings. The van der Waals surface area contributed by atoms with Crippen LogP contribution in [0, 0.1) is 11.8 Å². The molecule has 1 aliphatic carbocycles. The first kappa shape index (κ1) is 23.3. The molecule has 26 heavy (non-hydrogen) atoms. The van der Waals surface area contributed by atoms with E-state index < -0.39 is 67.4 Å². The molecule has 0 amide bonds. The van der Waals surface area contributed by atoms with Crippen molar-refractivity contribution < 1.29 is 49.0 Å². The predicted octanol–water partition coefficient (Wildman–Crippen LogP) is 5.66. The standard InChI is InChI=1S/C15H21F9O2/c1-4-10-5-9(6-11(2,16)13(10,17)18)7-12(14(19,20)21,15(22,23)24)26-8-25-3/h9-10H,4-8H2,1-3H3. The topological polar surface area (TPSA) is 18.5 Å². The van der Waals surface area contributed by atoms with Gasteiger partial charge in [0.05, 0.1) is 0 Å². The van der Waals surface area contributed by atoms with Gasteiger partial charge in [-0.05, 0) is 38.5 Å². The van der Waals surface area contributed by atoms with Crippen LogP contribution >= 0.6 is 0 Å². The fraction of sp³-hybridized carbons (Fsp3) is 1.00. The molecule has 0 aromatic heterocycles. The maximum absolute atomic E-state index is 14.4. The zero-order chi connectivity index (χ0) is 20.6. The Hall–Kier alpha value is -0.710. The Kier molecular flexibility index (Phi) is 6.61. The molecule has 0 spiro atoms. The fourth-order valence-electron chi connectivity index (χ4n) is 3.50. The Morgan fingerprint density at radius 2 is 1.50 bits per heavy atom. The van der Waals surface area contributed by atoms with Crippen LogP contribution in [0.2, 0.25) is 0 Å². The lowest BCUT2D eigenvalue weighted by Crippen LogP contribution is -2.61. The minimum absolute atomic E-state index is 0.285. The molecule has 0 aliphatic heterocycles. The van der Waals surface area contributed by atoms with Gasteiger partial charge in [0.15, 0.2) is 5.67 Å². The summed E-state index contributed by atoms with van der Waals surface area (Å²) in [6.45, 7) is 0.464. The highest BCUT2D eigenvalue weighted by molar-refractivity contribution is 5.05. The smallest absolute Gasteiger partial charge is 0.359 e. The van der Waals surface area contributed by atoms with Crippen LogP contribution in [0.4, 0.5) is 39.5 Å². The molecule has 0 saturated heterocycles. The van der Waals surface area contributed by atoms with Gasteiger partial charge < -0.3 is 9.47 Å². The van der Waals surface area contributed by atoms with E-state index in [0.717, 1.165) is 7.11 Å². The van der Waals surface area contributed by atoms with E-state index in [9.17, 15) is 39.5 Å². The molecule has 0 bridgehead atoms. The summed E-state index contributed by atoms with van der Waals surface area (Å²) in [7, 11) is 0.838. The van der Waals surface area contributed by atoms with Gasteiger partial charge in [-0.2, -0.15) is 26.3 Å². The van der Waals surface area contributed by atoms with Gasteiger partial charge in [0, 0.05) is 13.0 Å². The zero-order valence-electron chi connectivity index (χ0n) is 14.4. The first-order valence-corrected chi connectivity index (χ1v) is 7.88. The maximum atomic E-state index is 14.4. The Balaban J connectivity index is 3.27. The first-order chi connectivity index (χ1) is 11.6. The van der Waals surface area contributed by atoms with Crippen molar-refractivity contribution in [2.24, 2.45) is 11.8 Å². The summed E-state index contributed by atoms with van der Waals surface area (Å²) in [5.41, 5.74) is -7.84. The third kappa shape index (κ3) is 4.07. The van der Waals surface area contributed by atoms with Gasteiger partial charge in [-0.1, -0.05) is 6.92 Å². The molecule has 2 nitrogen and oxygen atoms in total. The molecule has 0 aromatic carbocycles. The fourth-order valence-corrected chi connectivity index (χ4v) is 3.50. The van der Waals surface area contributed by atoms with Crippen LogP contribution in [0.3, 0.4) is 0 Å². The van der Waals surface area contributed by atoms with Gasteiger partial charge >= 0.3 is 12.4 Å². The number of halogens is 9. The summed E-state index contributed by atoms with van der Waals surface area (Å²) in [6.07, 6.45) is -15.6. The SMILES string of the molecule is CCC1CC(CC(OCOC)(C(F)(F)F)C(F)(F)F)CC(C)(F)C1(F)F. The minimum atomic E-state index is -5.89. The van der Waals surface area contributed by atoms with Gasteiger partial charge in [0.1, 0.15) is 6.79 Å². The van der Waals surface area contributed by atoms with Crippen molar-refractivity contribution in [1.29, 1.82) is 0 Å². The molecule has 1 aliphatic rings. The number of hydrogen-bond donors (Lipinski definition) is 0. The van der Waals surface area contributed by atoms with Crippen molar-refractivity contribution in [2.45, 2.75) is 69.1 Å². The summed E-state index contributed by atoms with van der Waals surface area (Å²) >= 11 is 0. The van der Waals surface area contributed by atoms with E-state index in [4.69, 9.17) is 0 Å². The van der Waals surface area contributed by atoms with E-state index in [-0.39, 0.29) is 6.42 Å². The number of ether oxygens (including phenoxy) is 2. The Morgan fingerprint density at radius 3 is 1.88 bits per heavy atom. The van der Waals surface area contributed by atoms with Crippen molar-refractivity contribution in [1.82, 2.24) is 0 Å². The maximum Gasteiger partial charge on any atom is 0.426 e. The molecule has 1 rings (SSSR count). The summed E-state index contributed by atoms with van der Waals surface area (Å²) in [5, 5.41) is 0. The van der Waals surface area contributed by atoms with E-state index in [1.807, 2.05) is 0 Å². The van der Waals surface area contributed by atoms with Crippen LogP contribution in [0.5, 0.6) is 0 Å². The third-order valence-corrected chi connectivity index (χ3v) is 4.91. The molecule has 0 heterocycles. The second-order valence-electron chi connectivity index (χ2n) is 6.81. The molecule has 0 N–H and O–H groups in total. The quantitative estimate of drug-likeness (QED) is 0.420. The van der Waals surface area contributed by atoms with Gasteiger partial charge in [-0.3, -0.25) is 0 Å². The average molecular weight is 404 g/mol. The van der Waals surface area contributed by atoms with Gasteiger partial charge in [0.25, 0.3) is 11.5 Å². The van der Waals surface area contributed by atoms with Crippen LogP contribution in [-0.4, -0.2) is 43.4 Å². The summed E-state index contributed by atoms with van der Waals surface area (Å²) < 4.78 is 131. The van der Waals surface area contributed by atoms with Crippen LogP contribution in [-0.2, 0) is 9.47 Å². The minimum Gasteiger partial charge on any atom is -0.359 e. The van der Waals surface area contributed by atoms with Gasteiger partial charge in [0.2, 0.25) is 0 Å². The third-order valence-electron chi connectivity index (χ3n) is 4.91. The van der Waals surface area contributed by atoms with Crippen LogP contribution in [0.25, 0.3) is 0 Å². The van der Waals surface area contributed by atoms with Crippen molar-refractivity contribution in [3.8, 4) is 0 Å². The number of methoxy groups -OCH3 is 1. The van der Waals surface area contributed by atoms with E-state index in [0.29, 0.717) is 6.92 Å². The van der Waals surface area contributed by atoms with Crippen LogP contribution in [0.1, 0.15) is 39.5 Å². The summed E-state index contributed by atoms with van der Waals surface area (Å²) in [5.74, 6) is -7.11. The molecule has 1 saturated carbocycles. The monoisotopic (exact) mass is 404 g/mol. The highest BCUT2D eigenvalue weighted by atomic mass is 19.4. The second-order valence-corrected chi connectivity index (χ2v) is 6.81. The molecule has 156 valence electrons. The van der Waals surface area contributed by atoms with E-state index in [1.165, 1.54) is 6.92 Å². The van der Waals surface area contributed by atoms with Crippen molar-refractivity contribution >= 4 is 0 Å².